The van der Waals surface area contributed by atoms with E-state index >= 15 is 0 Å². The zero-order chi connectivity index (χ0) is 14.9. The van der Waals surface area contributed by atoms with Gasteiger partial charge in [-0.05, 0) is 13.2 Å². The molecule has 0 amide bonds. The number of piperazine rings is 1. The van der Waals surface area contributed by atoms with Gasteiger partial charge in [0.05, 0.1) is 12.2 Å². The Hall–Kier alpha value is -1.21. The van der Waals surface area contributed by atoms with Crippen LogP contribution in [0.25, 0.3) is 0 Å². The lowest BCUT2D eigenvalue weighted by atomic mass is 10.3. The number of nitrogens with zero attached hydrogens (tertiary/aromatic N) is 4. The summed E-state index contributed by atoms with van der Waals surface area (Å²) in [5.41, 5.74) is 1.00. The van der Waals surface area contributed by atoms with Gasteiger partial charge in [0.15, 0.2) is 5.96 Å². The maximum atomic E-state index is 4.88. The molecule has 0 aromatic carbocycles. The molecule has 0 aliphatic carbocycles. The summed E-state index contributed by atoms with van der Waals surface area (Å²) in [4.78, 5) is 9.45. The molecular weight excluding hydrogens is 286 g/mol. The number of aromatic nitrogens is 1. The van der Waals surface area contributed by atoms with Crippen LogP contribution in [-0.4, -0.2) is 72.2 Å². The number of nitrogens with one attached hydrogen (secondary N) is 1. The highest BCUT2D eigenvalue weighted by Gasteiger charge is 2.20. The van der Waals surface area contributed by atoms with Crippen molar-refractivity contribution in [2.75, 3.05) is 51.3 Å². The van der Waals surface area contributed by atoms with Gasteiger partial charge in [-0.15, -0.1) is 0 Å². The predicted octanol–water partition coefficient (Wildman–Crippen LogP) is 1.12. The van der Waals surface area contributed by atoms with E-state index < -0.39 is 0 Å². The van der Waals surface area contributed by atoms with Gasteiger partial charge in [0.1, 0.15) is 6.26 Å². The second kappa shape index (κ2) is 8.94. The van der Waals surface area contributed by atoms with Gasteiger partial charge < -0.3 is 14.7 Å². The van der Waals surface area contributed by atoms with Crippen LogP contribution in [0.3, 0.4) is 0 Å². The lowest BCUT2D eigenvalue weighted by molar-refractivity contribution is 0.169. The van der Waals surface area contributed by atoms with Crippen LogP contribution in [-0.2, 0) is 6.54 Å². The van der Waals surface area contributed by atoms with Crippen molar-refractivity contribution in [1.29, 1.82) is 0 Å². The molecule has 0 atom stereocenters. The van der Waals surface area contributed by atoms with Crippen molar-refractivity contribution in [2.45, 2.75) is 13.5 Å². The fourth-order valence-electron chi connectivity index (χ4n) is 2.33. The SMILES string of the molecule is CCNC(=NCCSC)N1CCN(Cc2ccon2)CC1. The van der Waals surface area contributed by atoms with E-state index in [4.69, 9.17) is 9.52 Å². The molecule has 0 radical (unpaired) electrons. The summed E-state index contributed by atoms with van der Waals surface area (Å²) in [6.07, 6.45) is 3.75. The summed E-state index contributed by atoms with van der Waals surface area (Å²) in [6.45, 7) is 8.83. The van der Waals surface area contributed by atoms with Crippen LogP contribution in [0.15, 0.2) is 21.8 Å². The summed E-state index contributed by atoms with van der Waals surface area (Å²) in [6, 6.07) is 1.93. The van der Waals surface area contributed by atoms with Gasteiger partial charge in [0.25, 0.3) is 0 Å². The van der Waals surface area contributed by atoms with Gasteiger partial charge in [0.2, 0.25) is 0 Å². The van der Waals surface area contributed by atoms with Crippen LogP contribution in [0.1, 0.15) is 12.6 Å². The van der Waals surface area contributed by atoms with E-state index in [1.54, 1.807) is 6.26 Å². The quantitative estimate of drug-likeness (QED) is 0.483. The third kappa shape index (κ3) is 5.24. The van der Waals surface area contributed by atoms with Gasteiger partial charge in [-0.3, -0.25) is 9.89 Å². The van der Waals surface area contributed by atoms with Crippen LogP contribution in [0, 0.1) is 0 Å². The minimum atomic E-state index is 0.866. The highest BCUT2D eigenvalue weighted by Crippen LogP contribution is 2.07. The van der Waals surface area contributed by atoms with Gasteiger partial charge >= 0.3 is 0 Å². The minimum absolute atomic E-state index is 0.866. The van der Waals surface area contributed by atoms with Crippen molar-refractivity contribution in [2.24, 2.45) is 4.99 Å². The summed E-state index contributed by atoms with van der Waals surface area (Å²) in [5, 5.41) is 7.37. The first-order valence-corrected chi connectivity index (χ1v) is 8.86. The molecule has 118 valence electrons. The van der Waals surface area contributed by atoms with E-state index in [-0.39, 0.29) is 0 Å². The Morgan fingerprint density at radius 3 is 2.86 bits per heavy atom. The molecule has 1 saturated heterocycles. The van der Waals surface area contributed by atoms with Gasteiger partial charge in [-0.25, -0.2) is 0 Å². The van der Waals surface area contributed by atoms with Crippen molar-refractivity contribution in [1.82, 2.24) is 20.3 Å². The maximum absolute atomic E-state index is 4.88. The second-order valence-corrected chi connectivity index (χ2v) is 5.97. The van der Waals surface area contributed by atoms with Gasteiger partial charge in [-0.1, -0.05) is 5.16 Å². The van der Waals surface area contributed by atoms with Crippen molar-refractivity contribution >= 4 is 17.7 Å². The molecule has 1 aromatic rings. The van der Waals surface area contributed by atoms with E-state index in [0.29, 0.717) is 0 Å². The molecular formula is C14H25N5OS. The number of guanidine groups is 1. The van der Waals surface area contributed by atoms with E-state index in [2.05, 4.69) is 33.5 Å². The molecule has 0 unspecified atom stereocenters. The molecule has 0 saturated carbocycles. The molecule has 1 aliphatic heterocycles. The Balaban J connectivity index is 1.81. The molecule has 2 rings (SSSR count). The summed E-state index contributed by atoms with van der Waals surface area (Å²) in [5.74, 6) is 2.12. The Kier molecular flexibility index (Phi) is 6.88. The molecule has 0 bridgehead atoms. The van der Waals surface area contributed by atoms with Crippen LogP contribution in [0.4, 0.5) is 0 Å². The zero-order valence-corrected chi connectivity index (χ0v) is 13.7. The summed E-state index contributed by atoms with van der Waals surface area (Å²) < 4.78 is 4.88. The first-order chi connectivity index (χ1) is 10.3. The fourth-order valence-corrected chi connectivity index (χ4v) is 2.61. The van der Waals surface area contributed by atoms with E-state index in [1.807, 2.05) is 17.8 Å². The van der Waals surface area contributed by atoms with Crippen molar-refractivity contribution < 1.29 is 4.52 Å². The predicted molar refractivity (Wildman–Crippen MR) is 87.7 cm³/mol. The third-order valence-electron chi connectivity index (χ3n) is 3.44. The van der Waals surface area contributed by atoms with Gasteiger partial charge in [0, 0.05) is 51.1 Å². The zero-order valence-electron chi connectivity index (χ0n) is 12.9. The smallest absolute Gasteiger partial charge is 0.194 e. The topological polar surface area (TPSA) is 56.9 Å². The molecule has 7 heteroatoms. The van der Waals surface area contributed by atoms with Crippen LogP contribution >= 0.6 is 11.8 Å². The Labute approximate surface area is 130 Å². The minimum Gasteiger partial charge on any atom is -0.364 e. The van der Waals surface area contributed by atoms with E-state index in [1.165, 1.54) is 0 Å². The molecule has 2 heterocycles. The van der Waals surface area contributed by atoms with E-state index in [9.17, 15) is 0 Å². The monoisotopic (exact) mass is 311 g/mol. The molecule has 1 aromatic heterocycles. The first-order valence-electron chi connectivity index (χ1n) is 7.47. The van der Waals surface area contributed by atoms with Crippen LogP contribution in [0.5, 0.6) is 0 Å². The molecule has 1 N–H and O–H groups in total. The average Bonchev–Trinajstić information content (AvgIpc) is 3.00. The van der Waals surface area contributed by atoms with Crippen molar-refractivity contribution in [3.05, 3.63) is 18.0 Å². The summed E-state index contributed by atoms with van der Waals surface area (Å²) in [7, 11) is 0. The molecule has 1 aliphatic rings. The maximum Gasteiger partial charge on any atom is 0.194 e. The van der Waals surface area contributed by atoms with Crippen molar-refractivity contribution in [3.8, 4) is 0 Å². The summed E-state index contributed by atoms with van der Waals surface area (Å²) >= 11 is 1.83. The molecule has 0 spiro atoms. The number of thioether (sulfide) groups is 1. The average molecular weight is 311 g/mol. The molecule has 1 fully saturated rings. The third-order valence-corrected chi connectivity index (χ3v) is 4.03. The normalized spacial score (nSPS) is 17.2. The largest absolute Gasteiger partial charge is 0.364 e. The molecule has 21 heavy (non-hydrogen) atoms. The number of aliphatic imine (C=N–C) groups is 1. The molecule has 6 nitrogen and oxygen atoms in total. The Bertz CT molecular complexity index is 415. The number of hydrogen-bond acceptors (Lipinski definition) is 5. The Morgan fingerprint density at radius 2 is 2.24 bits per heavy atom. The lowest BCUT2D eigenvalue weighted by Gasteiger charge is -2.36. The Morgan fingerprint density at radius 1 is 1.43 bits per heavy atom. The number of rotatable bonds is 6. The highest BCUT2D eigenvalue weighted by atomic mass is 32.2. The standard InChI is InChI=1S/C14H25N5OS/c1-3-15-14(16-5-11-21-2)19-8-6-18(7-9-19)12-13-4-10-20-17-13/h4,10H,3,5-9,11-12H2,1-2H3,(H,15,16). The van der Waals surface area contributed by atoms with Gasteiger partial charge in [-0.2, -0.15) is 11.8 Å². The fraction of sp³-hybridized carbons (Fsp3) is 0.714. The first kappa shape index (κ1) is 16.2. The van der Waals surface area contributed by atoms with Crippen LogP contribution in [0.2, 0.25) is 0 Å². The number of hydrogen-bond donors (Lipinski definition) is 1. The lowest BCUT2D eigenvalue weighted by Crippen LogP contribution is -2.52. The van der Waals surface area contributed by atoms with Crippen molar-refractivity contribution in [3.63, 3.8) is 0 Å². The highest BCUT2D eigenvalue weighted by molar-refractivity contribution is 7.98. The van der Waals surface area contributed by atoms with E-state index in [0.717, 1.165) is 63.2 Å². The van der Waals surface area contributed by atoms with Crippen LogP contribution < -0.4 is 5.32 Å². The second-order valence-electron chi connectivity index (χ2n) is 4.98.